The minimum atomic E-state index is -0.487. The Labute approximate surface area is 140 Å². The van der Waals surface area contributed by atoms with E-state index in [1.807, 2.05) is 0 Å². The minimum Gasteiger partial charge on any atom is -0.469 e. The van der Waals surface area contributed by atoms with Gasteiger partial charge in [-0.05, 0) is 23.8 Å². The highest BCUT2D eigenvalue weighted by Gasteiger charge is 2.19. The van der Waals surface area contributed by atoms with Crippen LogP contribution in [0.4, 0.5) is 5.69 Å². The zero-order valence-electron chi connectivity index (χ0n) is 13.7. The maximum atomic E-state index is 12.3. The van der Waals surface area contributed by atoms with Crippen LogP contribution < -0.4 is 0 Å². The molecule has 0 N–H and O–H groups in total. The molecule has 0 aromatic heterocycles. The summed E-state index contributed by atoms with van der Waals surface area (Å²) in [5.41, 5.74) is 0.646. The molecule has 0 aliphatic rings. The predicted octanol–water partition coefficient (Wildman–Crippen LogP) is 2.43. The molecule has 1 rings (SSSR count). The Kier molecular flexibility index (Phi) is 7.35. The van der Waals surface area contributed by atoms with Gasteiger partial charge >= 0.3 is 5.97 Å². The molecule has 0 spiro atoms. The summed E-state index contributed by atoms with van der Waals surface area (Å²) in [6, 6.07) is 5.84. The number of benzene rings is 1. The van der Waals surface area contributed by atoms with Crippen molar-refractivity contribution >= 4 is 23.6 Å². The van der Waals surface area contributed by atoms with Gasteiger partial charge in [0.05, 0.1) is 18.0 Å². The van der Waals surface area contributed by atoms with Crippen LogP contribution >= 0.6 is 0 Å². The van der Waals surface area contributed by atoms with Gasteiger partial charge in [-0.25, -0.2) is 0 Å². The van der Waals surface area contributed by atoms with Crippen molar-refractivity contribution in [3.63, 3.8) is 0 Å². The first kappa shape index (κ1) is 19.1. The van der Waals surface area contributed by atoms with E-state index in [2.05, 4.69) is 11.3 Å². The number of nitro groups is 1. The van der Waals surface area contributed by atoms with Gasteiger partial charge in [0.2, 0.25) is 5.91 Å². The summed E-state index contributed by atoms with van der Waals surface area (Å²) in [4.78, 5) is 35.3. The third-order valence-corrected chi connectivity index (χ3v) is 3.28. The molecular weight excluding hydrogens is 312 g/mol. The fourth-order valence-corrected chi connectivity index (χ4v) is 2.00. The van der Waals surface area contributed by atoms with Crippen molar-refractivity contribution in [3.05, 3.63) is 58.7 Å². The molecule has 0 saturated heterocycles. The number of nitrogens with zero attached hydrogens (tertiary/aromatic N) is 2. The third kappa shape index (κ3) is 5.68. The molecule has 0 saturated carbocycles. The van der Waals surface area contributed by atoms with E-state index in [9.17, 15) is 19.7 Å². The van der Waals surface area contributed by atoms with E-state index in [1.165, 1.54) is 30.2 Å². The molecule has 0 bridgehead atoms. The van der Waals surface area contributed by atoms with Crippen molar-refractivity contribution in [1.29, 1.82) is 0 Å². The van der Waals surface area contributed by atoms with Gasteiger partial charge in [0, 0.05) is 31.3 Å². The van der Waals surface area contributed by atoms with Crippen LogP contribution in [0.3, 0.4) is 0 Å². The van der Waals surface area contributed by atoms with E-state index in [0.29, 0.717) is 12.1 Å². The number of non-ortho nitro benzene ring substituents is 1. The van der Waals surface area contributed by atoms with Crippen molar-refractivity contribution in [3.8, 4) is 0 Å². The molecule has 0 aliphatic carbocycles. The second kappa shape index (κ2) is 9.24. The molecular formula is C17H20N2O5. The lowest BCUT2D eigenvalue weighted by Crippen LogP contribution is -2.36. The lowest BCUT2D eigenvalue weighted by molar-refractivity contribution is -0.384. The summed E-state index contributed by atoms with van der Waals surface area (Å²) < 4.78 is 4.65. The van der Waals surface area contributed by atoms with E-state index in [0.717, 1.165) is 0 Å². The van der Waals surface area contributed by atoms with Gasteiger partial charge in [-0.1, -0.05) is 13.0 Å². The van der Waals surface area contributed by atoms with Gasteiger partial charge in [-0.2, -0.15) is 0 Å². The van der Waals surface area contributed by atoms with E-state index >= 15 is 0 Å². The Morgan fingerprint density at radius 1 is 1.38 bits per heavy atom. The number of methoxy groups -OCH3 is 1. The zero-order valence-corrected chi connectivity index (χ0v) is 13.7. The van der Waals surface area contributed by atoms with Gasteiger partial charge in [0.25, 0.3) is 5.69 Å². The highest BCUT2D eigenvalue weighted by molar-refractivity contribution is 5.92. The standard InChI is InChI=1S/C17H20N2O5/c1-4-11-18(12-13(2)17(21)24-3)16(20)10-7-14-5-8-15(9-6-14)19(22)23/h4-10,13H,1,11-12H2,2-3H3/b10-7+. The molecule has 1 atom stereocenters. The molecule has 1 amide bonds. The molecule has 1 aromatic carbocycles. The Hall–Kier alpha value is -2.96. The second-order valence-corrected chi connectivity index (χ2v) is 5.14. The lowest BCUT2D eigenvalue weighted by Gasteiger charge is -2.22. The number of amides is 1. The van der Waals surface area contributed by atoms with Gasteiger partial charge in [-0.3, -0.25) is 19.7 Å². The molecule has 7 heteroatoms. The first-order valence-corrected chi connectivity index (χ1v) is 7.29. The predicted molar refractivity (Wildman–Crippen MR) is 90.1 cm³/mol. The zero-order chi connectivity index (χ0) is 18.1. The van der Waals surface area contributed by atoms with Gasteiger partial charge in [0.1, 0.15) is 0 Å². The van der Waals surface area contributed by atoms with Crippen LogP contribution in [0.15, 0.2) is 43.0 Å². The fourth-order valence-electron chi connectivity index (χ4n) is 2.00. The van der Waals surface area contributed by atoms with E-state index in [1.54, 1.807) is 31.2 Å². The SMILES string of the molecule is C=CCN(CC(C)C(=O)OC)C(=O)/C=C/c1ccc([N+](=O)[O-])cc1. The largest absolute Gasteiger partial charge is 0.469 e. The normalized spacial score (nSPS) is 11.8. The summed E-state index contributed by atoms with van der Waals surface area (Å²) in [5, 5.41) is 10.6. The Balaban J connectivity index is 2.78. The molecule has 128 valence electrons. The number of esters is 1. The summed E-state index contributed by atoms with van der Waals surface area (Å²) in [5.74, 6) is -1.13. The van der Waals surface area contributed by atoms with Crippen LogP contribution in [0.25, 0.3) is 6.08 Å². The fraction of sp³-hybridized carbons (Fsp3) is 0.294. The number of nitro benzene ring substituents is 1. The quantitative estimate of drug-likeness (QED) is 0.240. The van der Waals surface area contributed by atoms with Gasteiger partial charge in [-0.15, -0.1) is 6.58 Å². The van der Waals surface area contributed by atoms with E-state index in [4.69, 9.17) is 0 Å². The second-order valence-electron chi connectivity index (χ2n) is 5.14. The van der Waals surface area contributed by atoms with Crippen LogP contribution in [-0.2, 0) is 14.3 Å². The number of ether oxygens (including phenoxy) is 1. The van der Waals surface area contributed by atoms with Gasteiger partial charge in [0.15, 0.2) is 0 Å². The summed E-state index contributed by atoms with van der Waals surface area (Å²) in [7, 11) is 1.30. The summed E-state index contributed by atoms with van der Waals surface area (Å²) in [6.07, 6.45) is 4.49. The molecule has 0 fully saturated rings. The van der Waals surface area contributed by atoms with Crippen molar-refractivity contribution in [2.45, 2.75) is 6.92 Å². The monoisotopic (exact) mass is 332 g/mol. The van der Waals surface area contributed by atoms with Crippen molar-refractivity contribution in [2.75, 3.05) is 20.2 Å². The average molecular weight is 332 g/mol. The molecule has 24 heavy (non-hydrogen) atoms. The van der Waals surface area contributed by atoms with Crippen LogP contribution in [0, 0.1) is 16.0 Å². The van der Waals surface area contributed by atoms with Crippen LogP contribution in [0.5, 0.6) is 0 Å². The smallest absolute Gasteiger partial charge is 0.310 e. The van der Waals surface area contributed by atoms with Crippen LogP contribution in [-0.4, -0.2) is 41.9 Å². The van der Waals surface area contributed by atoms with Gasteiger partial charge < -0.3 is 9.64 Å². The molecule has 1 aromatic rings. The number of carbonyl (C=O) groups excluding carboxylic acids is 2. The highest BCUT2D eigenvalue weighted by Crippen LogP contribution is 2.13. The number of rotatable bonds is 8. The minimum absolute atomic E-state index is 0.0151. The van der Waals surface area contributed by atoms with E-state index in [-0.39, 0.29) is 18.1 Å². The Bertz CT molecular complexity index is 637. The summed E-state index contributed by atoms with van der Waals surface area (Å²) >= 11 is 0. The molecule has 0 aliphatic heterocycles. The molecule has 0 heterocycles. The highest BCUT2D eigenvalue weighted by atomic mass is 16.6. The Morgan fingerprint density at radius 2 is 2.00 bits per heavy atom. The topological polar surface area (TPSA) is 89.8 Å². The average Bonchev–Trinajstić information content (AvgIpc) is 2.58. The van der Waals surface area contributed by atoms with Crippen LogP contribution in [0.2, 0.25) is 0 Å². The maximum absolute atomic E-state index is 12.3. The molecule has 7 nitrogen and oxygen atoms in total. The van der Waals surface area contributed by atoms with Crippen LogP contribution in [0.1, 0.15) is 12.5 Å². The van der Waals surface area contributed by atoms with Crippen molar-refractivity contribution in [2.24, 2.45) is 5.92 Å². The van der Waals surface area contributed by atoms with Crippen molar-refractivity contribution in [1.82, 2.24) is 4.90 Å². The lowest BCUT2D eigenvalue weighted by atomic mass is 10.1. The van der Waals surface area contributed by atoms with E-state index < -0.39 is 16.8 Å². The Morgan fingerprint density at radius 3 is 2.50 bits per heavy atom. The first-order valence-electron chi connectivity index (χ1n) is 7.29. The summed E-state index contributed by atoms with van der Waals surface area (Å²) in [6.45, 7) is 5.78. The number of hydrogen-bond donors (Lipinski definition) is 0. The van der Waals surface area contributed by atoms with Crippen molar-refractivity contribution < 1.29 is 19.2 Å². The number of carbonyl (C=O) groups is 2. The molecule has 1 unspecified atom stereocenters. The molecule has 0 radical (unpaired) electrons. The third-order valence-electron chi connectivity index (χ3n) is 3.28. The first-order chi connectivity index (χ1) is 11.4. The maximum Gasteiger partial charge on any atom is 0.310 e. The number of hydrogen-bond acceptors (Lipinski definition) is 5.